The lowest BCUT2D eigenvalue weighted by Gasteiger charge is -2.27. The summed E-state index contributed by atoms with van der Waals surface area (Å²) in [7, 11) is 1.67. The molecular formula is C11H17BrN2O2. The van der Waals surface area contributed by atoms with Gasteiger partial charge in [-0.05, 0) is 40.8 Å². The zero-order valence-corrected chi connectivity index (χ0v) is 11.2. The van der Waals surface area contributed by atoms with E-state index in [2.05, 4.69) is 28.0 Å². The van der Waals surface area contributed by atoms with Crippen molar-refractivity contribution in [2.75, 3.05) is 13.7 Å². The molecule has 0 radical (unpaired) electrons. The molecule has 2 unspecified atom stereocenters. The number of halogens is 1. The van der Waals surface area contributed by atoms with Crippen molar-refractivity contribution in [2.24, 2.45) is 5.92 Å². The van der Waals surface area contributed by atoms with E-state index >= 15 is 0 Å². The van der Waals surface area contributed by atoms with E-state index in [1.807, 2.05) is 10.7 Å². The molecule has 5 heteroatoms. The number of hydrogen-bond acceptors (Lipinski definition) is 3. The van der Waals surface area contributed by atoms with Crippen LogP contribution in [0.4, 0.5) is 0 Å². The Kier molecular flexibility index (Phi) is 4.00. The van der Waals surface area contributed by atoms with Crippen molar-refractivity contribution in [3.05, 3.63) is 16.4 Å². The van der Waals surface area contributed by atoms with Gasteiger partial charge in [0.2, 0.25) is 0 Å². The Labute approximate surface area is 104 Å². The first-order valence-corrected chi connectivity index (χ1v) is 6.33. The van der Waals surface area contributed by atoms with Crippen molar-refractivity contribution in [1.82, 2.24) is 9.78 Å². The van der Waals surface area contributed by atoms with E-state index in [9.17, 15) is 0 Å². The van der Waals surface area contributed by atoms with Crippen LogP contribution in [0.3, 0.4) is 0 Å². The fourth-order valence-electron chi connectivity index (χ4n) is 2.05. The van der Waals surface area contributed by atoms with E-state index in [0.717, 1.165) is 29.7 Å². The van der Waals surface area contributed by atoms with Gasteiger partial charge in [0.15, 0.2) is 0 Å². The minimum atomic E-state index is 0.151. The number of hydrogen-bond donors (Lipinski definition) is 0. The van der Waals surface area contributed by atoms with Crippen molar-refractivity contribution in [2.45, 2.75) is 32.6 Å². The second-order valence-corrected chi connectivity index (χ2v) is 5.11. The third kappa shape index (κ3) is 2.64. The van der Waals surface area contributed by atoms with Crippen LogP contribution in [0.2, 0.25) is 0 Å². The third-order valence-corrected chi connectivity index (χ3v) is 3.30. The third-order valence-electron chi connectivity index (χ3n) is 2.91. The van der Waals surface area contributed by atoms with Gasteiger partial charge in [-0.15, -0.1) is 0 Å². The number of rotatable bonds is 3. The van der Waals surface area contributed by atoms with E-state index in [4.69, 9.17) is 9.47 Å². The normalized spacial score (nSPS) is 25.9. The zero-order chi connectivity index (χ0) is 11.5. The molecule has 4 nitrogen and oxygen atoms in total. The molecule has 0 aromatic carbocycles. The lowest BCUT2D eigenvalue weighted by molar-refractivity contribution is -0.0154. The highest BCUT2D eigenvalue weighted by molar-refractivity contribution is 9.10. The van der Waals surface area contributed by atoms with Crippen LogP contribution in [-0.4, -0.2) is 23.5 Å². The Morgan fingerprint density at radius 1 is 1.69 bits per heavy atom. The predicted octanol–water partition coefficient (Wildman–Crippen LogP) is 2.74. The molecule has 2 heterocycles. The molecule has 90 valence electrons. The van der Waals surface area contributed by atoms with Crippen molar-refractivity contribution >= 4 is 15.9 Å². The summed E-state index contributed by atoms with van der Waals surface area (Å²) in [5.74, 6) is 0.712. The minimum Gasteiger partial charge on any atom is -0.372 e. The van der Waals surface area contributed by atoms with Crippen molar-refractivity contribution in [3.63, 3.8) is 0 Å². The summed E-state index contributed by atoms with van der Waals surface area (Å²) in [6, 6.07) is 2.02. The van der Waals surface area contributed by atoms with Crippen LogP contribution in [0.15, 0.2) is 10.7 Å². The highest BCUT2D eigenvalue weighted by atomic mass is 79.9. The van der Waals surface area contributed by atoms with E-state index in [-0.39, 0.29) is 6.10 Å². The fraction of sp³-hybridized carbons (Fsp3) is 0.727. The van der Waals surface area contributed by atoms with Crippen LogP contribution >= 0.6 is 15.9 Å². The van der Waals surface area contributed by atoms with Gasteiger partial charge in [-0.25, -0.2) is 4.68 Å². The van der Waals surface area contributed by atoms with Crippen LogP contribution in [0.25, 0.3) is 0 Å². The highest BCUT2D eigenvalue weighted by Gasteiger charge is 2.24. The van der Waals surface area contributed by atoms with Gasteiger partial charge in [0, 0.05) is 13.7 Å². The van der Waals surface area contributed by atoms with Gasteiger partial charge in [-0.1, -0.05) is 6.92 Å². The number of aromatic nitrogens is 2. The van der Waals surface area contributed by atoms with Gasteiger partial charge >= 0.3 is 0 Å². The SMILES string of the molecule is COCn1nc(Br)cc1C1CC(C)CCO1. The van der Waals surface area contributed by atoms with Crippen LogP contribution in [0.1, 0.15) is 31.6 Å². The average molecular weight is 289 g/mol. The smallest absolute Gasteiger partial charge is 0.139 e. The molecule has 0 aliphatic carbocycles. The summed E-state index contributed by atoms with van der Waals surface area (Å²) < 4.78 is 13.6. The molecule has 0 amide bonds. The van der Waals surface area contributed by atoms with Gasteiger partial charge in [-0.3, -0.25) is 0 Å². The Morgan fingerprint density at radius 3 is 3.19 bits per heavy atom. The lowest BCUT2D eigenvalue weighted by Crippen LogP contribution is -2.21. The summed E-state index contributed by atoms with van der Waals surface area (Å²) >= 11 is 3.39. The maximum absolute atomic E-state index is 5.80. The molecule has 2 rings (SSSR count). The minimum absolute atomic E-state index is 0.151. The first-order valence-electron chi connectivity index (χ1n) is 5.54. The van der Waals surface area contributed by atoms with Crippen LogP contribution in [0, 0.1) is 5.92 Å². The summed E-state index contributed by atoms with van der Waals surface area (Å²) in [6.07, 6.45) is 2.36. The van der Waals surface area contributed by atoms with E-state index in [0.29, 0.717) is 12.6 Å². The van der Waals surface area contributed by atoms with Crippen molar-refractivity contribution in [1.29, 1.82) is 0 Å². The van der Waals surface area contributed by atoms with E-state index in [1.165, 1.54) is 0 Å². The Morgan fingerprint density at radius 2 is 2.50 bits per heavy atom. The van der Waals surface area contributed by atoms with E-state index in [1.54, 1.807) is 7.11 Å². The molecule has 1 fully saturated rings. The topological polar surface area (TPSA) is 36.3 Å². The number of nitrogens with zero attached hydrogens (tertiary/aromatic N) is 2. The Balaban J connectivity index is 2.17. The quantitative estimate of drug-likeness (QED) is 0.858. The monoisotopic (exact) mass is 288 g/mol. The molecule has 0 N–H and O–H groups in total. The second kappa shape index (κ2) is 5.29. The number of methoxy groups -OCH3 is 1. The Bertz CT molecular complexity index is 354. The van der Waals surface area contributed by atoms with Gasteiger partial charge in [-0.2, -0.15) is 5.10 Å². The average Bonchev–Trinajstić information content (AvgIpc) is 2.60. The zero-order valence-electron chi connectivity index (χ0n) is 9.65. The first-order chi connectivity index (χ1) is 7.70. The summed E-state index contributed by atoms with van der Waals surface area (Å²) in [6.45, 7) is 3.57. The summed E-state index contributed by atoms with van der Waals surface area (Å²) in [5, 5.41) is 4.33. The summed E-state index contributed by atoms with van der Waals surface area (Å²) in [4.78, 5) is 0. The van der Waals surface area contributed by atoms with Gasteiger partial charge in [0.25, 0.3) is 0 Å². The predicted molar refractivity (Wildman–Crippen MR) is 64.0 cm³/mol. The van der Waals surface area contributed by atoms with Crippen LogP contribution < -0.4 is 0 Å². The highest BCUT2D eigenvalue weighted by Crippen LogP contribution is 2.32. The maximum Gasteiger partial charge on any atom is 0.139 e. The van der Waals surface area contributed by atoms with Gasteiger partial charge in [0.05, 0.1) is 11.8 Å². The molecular weight excluding hydrogens is 272 g/mol. The molecule has 1 aromatic rings. The molecule has 0 bridgehead atoms. The molecule has 0 spiro atoms. The van der Waals surface area contributed by atoms with Crippen LogP contribution in [0.5, 0.6) is 0 Å². The number of ether oxygens (including phenoxy) is 2. The van der Waals surface area contributed by atoms with Gasteiger partial charge < -0.3 is 9.47 Å². The van der Waals surface area contributed by atoms with E-state index < -0.39 is 0 Å². The second-order valence-electron chi connectivity index (χ2n) is 4.30. The van der Waals surface area contributed by atoms with Crippen molar-refractivity contribution in [3.8, 4) is 0 Å². The molecule has 1 aliphatic heterocycles. The lowest BCUT2D eigenvalue weighted by atomic mass is 9.96. The van der Waals surface area contributed by atoms with Crippen LogP contribution in [-0.2, 0) is 16.2 Å². The maximum atomic E-state index is 5.80. The molecule has 2 atom stereocenters. The largest absolute Gasteiger partial charge is 0.372 e. The molecule has 1 saturated heterocycles. The molecule has 16 heavy (non-hydrogen) atoms. The molecule has 1 aliphatic rings. The molecule has 0 saturated carbocycles. The van der Waals surface area contributed by atoms with Gasteiger partial charge in [0.1, 0.15) is 11.3 Å². The summed E-state index contributed by atoms with van der Waals surface area (Å²) in [5.41, 5.74) is 1.10. The fourth-order valence-corrected chi connectivity index (χ4v) is 2.48. The molecule has 1 aromatic heterocycles. The Hall–Kier alpha value is -0.390. The van der Waals surface area contributed by atoms with Crippen molar-refractivity contribution < 1.29 is 9.47 Å². The standard InChI is InChI=1S/C11H17BrN2O2/c1-8-3-4-16-10(5-8)9-6-11(12)13-14(9)7-15-2/h6,8,10H,3-5,7H2,1-2H3. The first kappa shape index (κ1) is 12.1.